The summed E-state index contributed by atoms with van der Waals surface area (Å²) in [6.45, 7) is 0. The highest BCUT2D eigenvalue weighted by atomic mass is 19.4. The summed E-state index contributed by atoms with van der Waals surface area (Å²) in [4.78, 5) is 0. The lowest BCUT2D eigenvalue weighted by atomic mass is 10.0. The third-order valence-corrected chi connectivity index (χ3v) is 1.95. The Morgan fingerprint density at radius 1 is 0.938 bits per heavy atom. The number of rotatable bonds is 1. The van der Waals surface area contributed by atoms with Gasteiger partial charge < -0.3 is 5.73 Å². The quantitative estimate of drug-likeness (QED) is 0.752. The van der Waals surface area contributed by atoms with Crippen molar-refractivity contribution in [3.05, 3.63) is 35.4 Å². The van der Waals surface area contributed by atoms with Crippen molar-refractivity contribution in [2.45, 2.75) is 18.4 Å². The first-order valence-corrected chi connectivity index (χ1v) is 4.12. The predicted molar refractivity (Wildman–Crippen MR) is 44.4 cm³/mol. The molecule has 0 fully saturated rings. The molecule has 0 heterocycles. The predicted octanol–water partition coefficient (Wildman–Crippen LogP) is 3.27. The van der Waals surface area contributed by atoms with Gasteiger partial charge in [0.25, 0.3) is 0 Å². The molecule has 0 unspecified atom stereocenters. The van der Waals surface area contributed by atoms with E-state index in [0.29, 0.717) is 6.07 Å². The molecule has 7 heteroatoms. The van der Waals surface area contributed by atoms with E-state index in [2.05, 4.69) is 0 Å². The number of hydrogen-bond acceptors (Lipinski definition) is 1. The summed E-state index contributed by atoms with van der Waals surface area (Å²) in [5.41, 5.74) is 2.41. The average molecular weight is 243 g/mol. The zero-order valence-electron chi connectivity index (χ0n) is 7.73. The Morgan fingerprint density at radius 2 is 1.44 bits per heavy atom. The Balaban J connectivity index is 3.25. The zero-order valence-corrected chi connectivity index (χ0v) is 7.73. The minimum Gasteiger partial charge on any atom is -0.316 e. The summed E-state index contributed by atoms with van der Waals surface area (Å²) < 4.78 is 73.8. The molecule has 0 aliphatic heterocycles. The highest BCUT2D eigenvalue weighted by molar-refractivity contribution is 5.32. The molecular formula is C9H7F6N. The minimum atomic E-state index is -4.90. The summed E-state index contributed by atoms with van der Waals surface area (Å²) in [5.74, 6) is 0. The maximum absolute atomic E-state index is 12.4. The van der Waals surface area contributed by atoms with Gasteiger partial charge >= 0.3 is 12.4 Å². The maximum Gasteiger partial charge on any atom is 0.416 e. The molecule has 0 spiro atoms. The van der Waals surface area contributed by atoms with Crippen LogP contribution in [0.25, 0.3) is 0 Å². The van der Waals surface area contributed by atoms with Crippen molar-refractivity contribution in [1.29, 1.82) is 0 Å². The molecule has 0 aliphatic rings. The largest absolute Gasteiger partial charge is 0.416 e. The number of nitrogens with two attached hydrogens (primary N) is 1. The molecular weight excluding hydrogens is 236 g/mol. The van der Waals surface area contributed by atoms with Crippen LogP contribution in [0.5, 0.6) is 0 Å². The summed E-state index contributed by atoms with van der Waals surface area (Å²) in [7, 11) is 0. The molecule has 0 bridgehead atoms. The fourth-order valence-electron chi connectivity index (χ4n) is 1.20. The van der Waals surface area contributed by atoms with Gasteiger partial charge in [-0.1, -0.05) is 18.2 Å². The van der Waals surface area contributed by atoms with Crippen molar-refractivity contribution in [3.63, 3.8) is 0 Å². The number of benzene rings is 1. The van der Waals surface area contributed by atoms with Crippen LogP contribution in [-0.4, -0.2) is 6.18 Å². The van der Waals surface area contributed by atoms with Crippen LogP contribution in [0.3, 0.4) is 0 Å². The Morgan fingerprint density at radius 3 is 1.88 bits per heavy atom. The van der Waals surface area contributed by atoms with Gasteiger partial charge in [0.2, 0.25) is 0 Å². The molecule has 0 saturated carbocycles. The highest BCUT2D eigenvalue weighted by Crippen LogP contribution is 2.38. The Hall–Kier alpha value is -1.24. The summed E-state index contributed by atoms with van der Waals surface area (Å²) in [6, 6.07) is 0.748. The van der Waals surface area contributed by atoms with Gasteiger partial charge in [0.15, 0.2) is 0 Å². The van der Waals surface area contributed by atoms with Gasteiger partial charge in [0, 0.05) is 0 Å². The molecule has 16 heavy (non-hydrogen) atoms. The number of halogens is 6. The van der Waals surface area contributed by atoms with Crippen molar-refractivity contribution in [2.75, 3.05) is 0 Å². The monoisotopic (exact) mass is 243 g/mol. The lowest BCUT2D eigenvalue weighted by molar-refractivity contribution is -0.155. The highest BCUT2D eigenvalue weighted by Gasteiger charge is 2.43. The fourth-order valence-corrected chi connectivity index (χ4v) is 1.20. The summed E-state index contributed by atoms with van der Waals surface area (Å²) in [6.07, 6.45) is -9.75. The molecule has 1 rings (SSSR count). The number of hydrogen-bond donors (Lipinski definition) is 1. The van der Waals surface area contributed by atoms with E-state index in [0.717, 1.165) is 18.2 Å². The molecule has 0 amide bonds. The molecule has 0 saturated heterocycles. The van der Waals surface area contributed by atoms with Gasteiger partial charge in [-0.25, -0.2) is 0 Å². The smallest absolute Gasteiger partial charge is 0.316 e. The van der Waals surface area contributed by atoms with Crippen molar-refractivity contribution in [1.82, 2.24) is 0 Å². The molecule has 0 aromatic heterocycles. The molecule has 0 aliphatic carbocycles. The van der Waals surface area contributed by atoms with Gasteiger partial charge in [-0.3, -0.25) is 0 Å². The van der Waals surface area contributed by atoms with Crippen LogP contribution in [0.4, 0.5) is 26.3 Å². The normalized spacial score (nSPS) is 14.9. The van der Waals surface area contributed by atoms with E-state index >= 15 is 0 Å². The summed E-state index contributed by atoms with van der Waals surface area (Å²) >= 11 is 0. The van der Waals surface area contributed by atoms with Crippen LogP contribution in [0.2, 0.25) is 0 Å². The topological polar surface area (TPSA) is 26.0 Å². The standard InChI is InChI=1S/C9H7F6N/c10-8(11,12)6-4-2-1-3-5(6)7(16)9(13,14)15/h1-4,7H,16H2/t7-/m1/s1. The van der Waals surface area contributed by atoms with E-state index in [1.807, 2.05) is 0 Å². The third-order valence-electron chi connectivity index (χ3n) is 1.95. The van der Waals surface area contributed by atoms with Crippen LogP contribution >= 0.6 is 0 Å². The fraction of sp³-hybridized carbons (Fsp3) is 0.333. The first-order valence-electron chi connectivity index (χ1n) is 4.12. The number of alkyl halides is 6. The molecule has 90 valence electrons. The van der Waals surface area contributed by atoms with Gasteiger partial charge in [-0.05, 0) is 11.6 Å². The van der Waals surface area contributed by atoms with E-state index in [-0.39, 0.29) is 0 Å². The lowest BCUT2D eigenvalue weighted by Gasteiger charge is -2.20. The Kier molecular flexibility index (Phi) is 3.18. The lowest BCUT2D eigenvalue weighted by Crippen LogP contribution is -2.30. The van der Waals surface area contributed by atoms with Crippen molar-refractivity contribution in [3.8, 4) is 0 Å². The molecule has 1 nitrogen and oxygen atoms in total. The average Bonchev–Trinajstić information content (AvgIpc) is 2.14. The molecule has 2 N–H and O–H groups in total. The molecule has 1 aromatic carbocycles. The van der Waals surface area contributed by atoms with Gasteiger partial charge in [-0.15, -0.1) is 0 Å². The summed E-state index contributed by atoms with van der Waals surface area (Å²) in [5, 5.41) is 0. The minimum absolute atomic E-state index is 0.570. The zero-order chi connectivity index (χ0) is 12.6. The van der Waals surface area contributed by atoms with E-state index < -0.39 is 29.5 Å². The second kappa shape index (κ2) is 3.97. The molecule has 1 atom stereocenters. The van der Waals surface area contributed by atoms with Crippen LogP contribution in [0.1, 0.15) is 17.2 Å². The van der Waals surface area contributed by atoms with E-state index in [9.17, 15) is 26.3 Å². The van der Waals surface area contributed by atoms with E-state index in [4.69, 9.17) is 5.73 Å². The Bertz CT molecular complexity index is 367. The van der Waals surface area contributed by atoms with Gasteiger partial charge in [0.05, 0.1) is 5.56 Å². The second-order valence-corrected chi connectivity index (χ2v) is 3.10. The molecule has 1 aromatic rings. The van der Waals surface area contributed by atoms with Crippen LogP contribution in [0, 0.1) is 0 Å². The first kappa shape index (κ1) is 12.8. The van der Waals surface area contributed by atoms with Crippen molar-refractivity contribution < 1.29 is 26.3 Å². The van der Waals surface area contributed by atoms with E-state index in [1.165, 1.54) is 0 Å². The van der Waals surface area contributed by atoms with Gasteiger partial charge in [-0.2, -0.15) is 26.3 Å². The van der Waals surface area contributed by atoms with Crippen molar-refractivity contribution >= 4 is 0 Å². The SMILES string of the molecule is N[C@H](c1ccccc1C(F)(F)F)C(F)(F)F. The van der Waals surface area contributed by atoms with Crippen LogP contribution < -0.4 is 5.73 Å². The van der Waals surface area contributed by atoms with E-state index in [1.54, 1.807) is 0 Å². The van der Waals surface area contributed by atoms with Gasteiger partial charge in [0.1, 0.15) is 6.04 Å². The second-order valence-electron chi connectivity index (χ2n) is 3.10. The van der Waals surface area contributed by atoms with Crippen molar-refractivity contribution in [2.24, 2.45) is 5.73 Å². The van der Waals surface area contributed by atoms with Crippen LogP contribution in [0.15, 0.2) is 24.3 Å². The Labute approximate surface area is 86.9 Å². The molecule has 0 radical (unpaired) electrons. The van der Waals surface area contributed by atoms with Crippen LogP contribution in [-0.2, 0) is 6.18 Å². The first-order chi connectivity index (χ1) is 7.14. The maximum atomic E-state index is 12.4. The third kappa shape index (κ3) is 2.66.